The third-order valence-corrected chi connectivity index (χ3v) is 2.57. The van der Waals surface area contributed by atoms with Gasteiger partial charge in [0.15, 0.2) is 0 Å². The van der Waals surface area contributed by atoms with Crippen molar-refractivity contribution in [3.8, 4) is 0 Å². The number of cyclic esters (lactones) is 1. The smallest absolute Gasteiger partial charge is 0.306 e. The van der Waals surface area contributed by atoms with Crippen LogP contribution in [-0.2, 0) is 23.9 Å². The molecule has 0 aliphatic carbocycles. The number of ketones is 1. The average Bonchev–Trinajstić information content (AvgIpc) is 2.41. The molecule has 0 aromatic heterocycles. The van der Waals surface area contributed by atoms with Crippen molar-refractivity contribution >= 4 is 23.6 Å². The van der Waals surface area contributed by atoms with Crippen molar-refractivity contribution in [2.75, 3.05) is 19.7 Å². The van der Waals surface area contributed by atoms with E-state index in [0.29, 0.717) is 6.42 Å². The Balaban J connectivity index is 2.50. The molecule has 0 aromatic rings. The molecule has 0 bridgehead atoms. The van der Waals surface area contributed by atoms with E-state index >= 15 is 0 Å². The Kier molecular flexibility index (Phi) is 7.02. The van der Waals surface area contributed by atoms with Crippen LogP contribution in [0.25, 0.3) is 0 Å². The molecule has 0 atom stereocenters. The number of Topliss-reactive ketones (excluding diaryl/α,β-unsaturated/α-hetero) is 1. The molecule has 2 amide bonds. The maximum absolute atomic E-state index is 11.4. The first-order valence-electron chi connectivity index (χ1n) is 6.46. The van der Waals surface area contributed by atoms with Crippen LogP contribution in [0.15, 0.2) is 12.2 Å². The molecule has 7 heteroatoms. The molecule has 0 spiro atoms. The van der Waals surface area contributed by atoms with Crippen molar-refractivity contribution < 1.29 is 23.9 Å². The minimum atomic E-state index is -0.438. The second kappa shape index (κ2) is 8.84. The van der Waals surface area contributed by atoms with Gasteiger partial charge in [0, 0.05) is 25.8 Å². The third kappa shape index (κ3) is 7.30. The zero-order valence-corrected chi connectivity index (χ0v) is 11.1. The van der Waals surface area contributed by atoms with E-state index in [1.807, 2.05) is 0 Å². The molecule has 7 nitrogen and oxygen atoms in total. The summed E-state index contributed by atoms with van der Waals surface area (Å²) in [6, 6.07) is 0. The van der Waals surface area contributed by atoms with Crippen molar-refractivity contribution in [3.63, 3.8) is 0 Å². The van der Waals surface area contributed by atoms with Crippen molar-refractivity contribution in [3.05, 3.63) is 12.2 Å². The van der Waals surface area contributed by atoms with Gasteiger partial charge in [-0.1, -0.05) is 6.08 Å². The summed E-state index contributed by atoms with van der Waals surface area (Å²) >= 11 is 0. The van der Waals surface area contributed by atoms with Gasteiger partial charge in [-0.05, 0) is 6.08 Å². The van der Waals surface area contributed by atoms with Crippen molar-refractivity contribution in [2.45, 2.75) is 25.7 Å². The summed E-state index contributed by atoms with van der Waals surface area (Å²) in [5, 5.41) is 4.92. The van der Waals surface area contributed by atoms with Gasteiger partial charge in [0.1, 0.15) is 5.78 Å². The molecule has 0 aromatic carbocycles. The molecule has 0 fully saturated rings. The monoisotopic (exact) mass is 282 g/mol. The molecule has 1 aliphatic heterocycles. The predicted octanol–water partition coefficient (Wildman–Crippen LogP) is -0.539. The topological polar surface area (TPSA) is 102 Å². The second-order valence-corrected chi connectivity index (χ2v) is 4.27. The standard InChI is InChI=1S/C13H18N2O5/c16-10-4-5-13(19)20-8-2-1-3-11(17)15-9-12(18)14-7-6-10/h1,3H,2,4-9H2,(H,14,18)(H,15,17)/b3-1+. The average molecular weight is 282 g/mol. The van der Waals surface area contributed by atoms with E-state index < -0.39 is 11.9 Å². The van der Waals surface area contributed by atoms with E-state index in [2.05, 4.69) is 10.6 Å². The van der Waals surface area contributed by atoms with Crippen LogP contribution in [-0.4, -0.2) is 43.3 Å². The molecule has 1 heterocycles. The molecule has 1 rings (SSSR count). The van der Waals surface area contributed by atoms with Gasteiger partial charge in [-0.3, -0.25) is 19.2 Å². The van der Waals surface area contributed by atoms with Crippen LogP contribution in [0.1, 0.15) is 25.7 Å². The van der Waals surface area contributed by atoms with Crippen molar-refractivity contribution in [2.24, 2.45) is 0 Å². The highest BCUT2D eigenvalue weighted by atomic mass is 16.5. The summed E-state index contributed by atoms with van der Waals surface area (Å²) < 4.78 is 4.90. The van der Waals surface area contributed by atoms with Gasteiger partial charge in [-0.25, -0.2) is 0 Å². The van der Waals surface area contributed by atoms with Gasteiger partial charge in [0.2, 0.25) is 11.8 Å². The van der Waals surface area contributed by atoms with E-state index in [1.54, 1.807) is 6.08 Å². The molecule has 2 N–H and O–H groups in total. The van der Waals surface area contributed by atoms with Gasteiger partial charge < -0.3 is 15.4 Å². The Morgan fingerprint density at radius 2 is 1.80 bits per heavy atom. The van der Waals surface area contributed by atoms with Crippen molar-refractivity contribution in [1.82, 2.24) is 10.6 Å². The number of esters is 1. The number of carbonyl (C=O) groups excluding carboxylic acids is 4. The van der Waals surface area contributed by atoms with E-state index in [-0.39, 0.29) is 50.6 Å². The van der Waals surface area contributed by atoms with E-state index in [1.165, 1.54) is 6.08 Å². The van der Waals surface area contributed by atoms with Crippen LogP contribution in [0.5, 0.6) is 0 Å². The highest BCUT2D eigenvalue weighted by molar-refractivity contribution is 5.91. The minimum Gasteiger partial charge on any atom is -0.465 e. The lowest BCUT2D eigenvalue weighted by Crippen LogP contribution is -2.37. The Bertz CT molecular complexity index is 417. The van der Waals surface area contributed by atoms with Gasteiger partial charge >= 0.3 is 5.97 Å². The van der Waals surface area contributed by atoms with Crippen LogP contribution in [0.2, 0.25) is 0 Å². The lowest BCUT2D eigenvalue weighted by Gasteiger charge is -2.06. The van der Waals surface area contributed by atoms with Crippen LogP contribution < -0.4 is 10.6 Å². The summed E-state index contributed by atoms with van der Waals surface area (Å²) in [5.41, 5.74) is 0. The highest BCUT2D eigenvalue weighted by Crippen LogP contribution is 1.98. The Hall–Kier alpha value is -2.18. The molecule has 110 valence electrons. The fourth-order valence-corrected chi connectivity index (χ4v) is 1.50. The third-order valence-electron chi connectivity index (χ3n) is 2.57. The molecule has 20 heavy (non-hydrogen) atoms. The maximum atomic E-state index is 11.4. The van der Waals surface area contributed by atoms with Gasteiger partial charge in [-0.2, -0.15) is 0 Å². The number of carbonyl (C=O) groups is 4. The number of amides is 2. The number of ether oxygens (including phenoxy) is 1. The molecule has 0 radical (unpaired) electrons. The van der Waals surface area contributed by atoms with Crippen molar-refractivity contribution in [1.29, 1.82) is 0 Å². The zero-order chi connectivity index (χ0) is 14.8. The normalized spacial score (nSPS) is 21.6. The number of hydrogen-bond donors (Lipinski definition) is 2. The van der Waals surface area contributed by atoms with Crippen LogP contribution in [0, 0.1) is 0 Å². The molecule has 0 saturated heterocycles. The van der Waals surface area contributed by atoms with E-state index in [4.69, 9.17) is 4.74 Å². The van der Waals surface area contributed by atoms with E-state index in [0.717, 1.165) is 0 Å². The quantitative estimate of drug-likeness (QED) is 0.581. The van der Waals surface area contributed by atoms with Crippen LogP contribution >= 0.6 is 0 Å². The predicted molar refractivity (Wildman–Crippen MR) is 69.6 cm³/mol. The van der Waals surface area contributed by atoms with Crippen LogP contribution in [0.4, 0.5) is 0 Å². The fraction of sp³-hybridized carbons (Fsp3) is 0.538. The second-order valence-electron chi connectivity index (χ2n) is 4.27. The largest absolute Gasteiger partial charge is 0.465 e. The summed E-state index contributed by atoms with van der Waals surface area (Å²) in [4.78, 5) is 45.4. The minimum absolute atomic E-state index is 0.0387. The number of hydrogen-bond acceptors (Lipinski definition) is 5. The first-order chi connectivity index (χ1) is 9.58. The fourth-order valence-electron chi connectivity index (χ4n) is 1.50. The van der Waals surface area contributed by atoms with Gasteiger partial charge in [0.05, 0.1) is 19.6 Å². The molecule has 1 aliphatic rings. The summed E-state index contributed by atoms with van der Waals surface area (Å²) in [6.07, 6.45) is 3.55. The first-order valence-corrected chi connectivity index (χ1v) is 6.46. The molecular weight excluding hydrogens is 264 g/mol. The number of nitrogens with one attached hydrogen (secondary N) is 2. The Morgan fingerprint density at radius 3 is 2.60 bits per heavy atom. The van der Waals surface area contributed by atoms with Gasteiger partial charge in [-0.15, -0.1) is 0 Å². The van der Waals surface area contributed by atoms with Gasteiger partial charge in [0.25, 0.3) is 0 Å². The maximum Gasteiger partial charge on any atom is 0.306 e. The molecular formula is C13H18N2O5. The highest BCUT2D eigenvalue weighted by Gasteiger charge is 2.09. The lowest BCUT2D eigenvalue weighted by atomic mass is 10.1. The van der Waals surface area contributed by atoms with Crippen LogP contribution in [0.3, 0.4) is 0 Å². The zero-order valence-electron chi connectivity index (χ0n) is 11.1. The lowest BCUT2D eigenvalue weighted by molar-refractivity contribution is -0.144. The Labute approximate surface area is 116 Å². The summed E-state index contributed by atoms with van der Waals surface area (Å²) in [6.45, 7) is 0.224. The first kappa shape index (κ1) is 15.9. The summed E-state index contributed by atoms with van der Waals surface area (Å²) in [7, 11) is 0. The SMILES string of the molecule is O=C1CCNC(=O)CNC(=O)/C=C/CCOC(=O)CC1. The molecule has 0 saturated carbocycles. The van der Waals surface area contributed by atoms with E-state index in [9.17, 15) is 19.2 Å². The number of rotatable bonds is 0. The summed E-state index contributed by atoms with van der Waals surface area (Å²) in [5.74, 6) is -1.30. The molecule has 0 unspecified atom stereocenters. The Morgan fingerprint density at radius 1 is 1.00 bits per heavy atom.